The molecule has 2 rings (SSSR count). The van der Waals surface area contributed by atoms with E-state index in [1.807, 2.05) is 6.07 Å². The number of nitrogens with one attached hydrogen (secondary N) is 1. The third-order valence-corrected chi connectivity index (χ3v) is 3.17. The summed E-state index contributed by atoms with van der Waals surface area (Å²) >= 11 is 0. The molecule has 1 aromatic heterocycles. The van der Waals surface area contributed by atoms with E-state index in [1.165, 1.54) is 5.56 Å². The van der Waals surface area contributed by atoms with Gasteiger partial charge in [-0.2, -0.15) is 0 Å². The van der Waals surface area contributed by atoms with Crippen molar-refractivity contribution in [1.82, 2.24) is 9.97 Å². The van der Waals surface area contributed by atoms with E-state index in [1.54, 1.807) is 6.33 Å². The van der Waals surface area contributed by atoms with Crippen LogP contribution in [0.25, 0.3) is 10.9 Å². The number of aryl methyl sites for hydroxylation is 1. The average molecular weight is 259 g/mol. The van der Waals surface area contributed by atoms with Crippen molar-refractivity contribution in [2.75, 3.05) is 18.5 Å². The van der Waals surface area contributed by atoms with Gasteiger partial charge in [0.1, 0.15) is 12.1 Å². The number of hydrogen-bond acceptors (Lipinski definition) is 4. The minimum Gasteiger partial charge on any atom is -0.396 e. The highest BCUT2D eigenvalue weighted by Gasteiger charge is 2.02. The van der Waals surface area contributed by atoms with Gasteiger partial charge >= 0.3 is 0 Å². The van der Waals surface area contributed by atoms with E-state index in [0.29, 0.717) is 6.61 Å². The van der Waals surface area contributed by atoms with Crippen molar-refractivity contribution in [3.63, 3.8) is 0 Å². The molecule has 0 aliphatic heterocycles. The zero-order valence-electron chi connectivity index (χ0n) is 11.4. The third kappa shape index (κ3) is 3.89. The number of hydrogen-bond donors (Lipinski definition) is 2. The van der Waals surface area contributed by atoms with Crippen molar-refractivity contribution in [3.8, 4) is 0 Å². The summed E-state index contributed by atoms with van der Waals surface area (Å²) in [5.41, 5.74) is 2.19. The number of benzene rings is 1. The normalized spacial score (nSPS) is 10.8. The first kappa shape index (κ1) is 13.7. The van der Waals surface area contributed by atoms with Gasteiger partial charge < -0.3 is 10.4 Å². The molecule has 2 aromatic rings. The van der Waals surface area contributed by atoms with E-state index in [4.69, 9.17) is 5.11 Å². The van der Waals surface area contributed by atoms with Crippen molar-refractivity contribution in [1.29, 1.82) is 0 Å². The van der Waals surface area contributed by atoms with Gasteiger partial charge in [0.15, 0.2) is 0 Å². The smallest absolute Gasteiger partial charge is 0.137 e. The molecule has 0 radical (unpaired) electrons. The van der Waals surface area contributed by atoms with Gasteiger partial charge in [-0.15, -0.1) is 0 Å². The number of rotatable bonds is 7. The van der Waals surface area contributed by atoms with Crippen LogP contribution in [0.4, 0.5) is 5.82 Å². The third-order valence-electron chi connectivity index (χ3n) is 3.17. The predicted molar refractivity (Wildman–Crippen MR) is 78.3 cm³/mol. The summed E-state index contributed by atoms with van der Waals surface area (Å²) in [7, 11) is 0. The molecule has 1 aromatic carbocycles. The van der Waals surface area contributed by atoms with Crippen LogP contribution in [0.15, 0.2) is 24.5 Å². The van der Waals surface area contributed by atoms with Crippen LogP contribution in [0.5, 0.6) is 0 Å². The maximum Gasteiger partial charge on any atom is 0.137 e. The topological polar surface area (TPSA) is 58.0 Å². The molecule has 4 heteroatoms. The van der Waals surface area contributed by atoms with E-state index >= 15 is 0 Å². The Morgan fingerprint density at radius 2 is 1.95 bits per heavy atom. The summed E-state index contributed by atoms with van der Waals surface area (Å²) in [6.07, 6.45) is 5.82. The number of fused-ring (bicyclic) bond motifs is 1. The van der Waals surface area contributed by atoms with Gasteiger partial charge in [0.2, 0.25) is 0 Å². The Balaban J connectivity index is 1.95. The number of anilines is 1. The van der Waals surface area contributed by atoms with Gasteiger partial charge in [0.05, 0.1) is 5.52 Å². The number of unbranched alkanes of at least 4 members (excludes halogenated alkanes) is 3. The second-order valence-corrected chi connectivity index (χ2v) is 4.81. The predicted octanol–water partition coefficient (Wildman–Crippen LogP) is 2.90. The summed E-state index contributed by atoms with van der Waals surface area (Å²) in [6, 6.07) is 6.20. The average Bonchev–Trinajstić information content (AvgIpc) is 2.43. The van der Waals surface area contributed by atoms with Gasteiger partial charge in [0.25, 0.3) is 0 Å². The fraction of sp³-hybridized carbons (Fsp3) is 0.467. The Morgan fingerprint density at radius 3 is 2.79 bits per heavy atom. The Bertz CT molecular complexity index is 528. The van der Waals surface area contributed by atoms with Crippen molar-refractivity contribution in [2.45, 2.75) is 32.6 Å². The lowest BCUT2D eigenvalue weighted by atomic mass is 10.1. The Hall–Kier alpha value is -1.68. The molecule has 19 heavy (non-hydrogen) atoms. The Morgan fingerprint density at radius 1 is 1.11 bits per heavy atom. The van der Waals surface area contributed by atoms with Gasteiger partial charge in [-0.25, -0.2) is 9.97 Å². The van der Waals surface area contributed by atoms with E-state index in [-0.39, 0.29) is 0 Å². The molecule has 0 spiro atoms. The second-order valence-electron chi connectivity index (χ2n) is 4.81. The fourth-order valence-electron chi connectivity index (χ4n) is 2.11. The van der Waals surface area contributed by atoms with Gasteiger partial charge in [-0.3, -0.25) is 0 Å². The molecule has 0 atom stereocenters. The van der Waals surface area contributed by atoms with Gasteiger partial charge in [-0.1, -0.05) is 24.5 Å². The molecule has 1 heterocycles. The summed E-state index contributed by atoms with van der Waals surface area (Å²) in [6.45, 7) is 3.28. The standard InChI is InChI=1S/C15H21N3O/c1-12-6-7-14-13(10-12)15(18-11-17-14)16-8-4-2-3-5-9-19/h6-7,10-11,19H,2-5,8-9H2,1H3,(H,16,17,18). The van der Waals surface area contributed by atoms with Crippen LogP contribution >= 0.6 is 0 Å². The van der Waals surface area contributed by atoms with Crippen molar-refractivity contribution in [2.24, 2.45) is 0 Å². The van der Waals surface area contributed by atoms with Crippen LogP contribution < -0.4 is 5.32 Å². The van der Waals surface area contributed by atoms with Crippen molar-refractivity contribution >= 4 is 16.7 Å². The Kier molecular flexibility index (Phi) is 5.10. The highest BCUT2D eigenvalue weighted by Crippen LogP contribution is 2.20. The monoisotopic (exact) mass is 259 g/mol. The molecular weight excluding hydrogens is 238 g/mol. The van der Waals surface area contributed by atoms with Crippen LogP contribution in [0.1, 0.15) is 31.2 Å². The van der Waals surface area contributed by atoms with Crippen molar-refractivity contribution < 1.29 is 5.11 Å². The number of aliphatic hydroxyl groups excluding tert-OH is 1. The van der Waals surface area contributed by atoms with Crippen LogP contribution in [0, 0.1) is 6.92 Å². The molecule has 4 nitrogen and oxygen atoms in total. The lowest BCUT2D eigenvalue weighted by molar-refractivity contribution is 0.283. The molecule has 0 aliphatic carbocycles. The molecule has 0 saturated carbocycles. The van der Waals surface area contributed by atoms with Gasteiger partial charge in [0, 0.05) is 18.5 Å². The largest absolute Gasteiger partial charge is 0.396 e. The zero-order valence-corrected chi connectivity index (χ0v) is 11.4. The molecule has 0 aliphatic rings. The fourth-order valence-corrected chi connectivity index (χ4v) is 2.11. The van der Waals surface area contributed by atoms with E-state index in [9.17, 15) is 0 Å². The van der Waals surface area contributed by atoms with Crippen LogP contribution in [0.3, 0.4) is 0 Å². The summed E-state index contributed by atoms with van der Waals surface area (Å²) in [5, 5.41) is 13.2. The SMILES string of the molecule is Cc1ccc2ncnc(NCCCCCCO)c2c1. The minimum absolute atomic E-state index is 0.295. The van der Waals surface area contributed by atoms with Gasteiger partial charge in [-0.05, 0) is 31.9 Å². The molecule has 0 saturated heterocycles. The zero-order chi connectivity index (χ0) is 13.5. The highest BCUT2D eigenvalue weighted by atomic mass is 16.2. The second kappa shape index (κ2) is 7.04. The Labute approximate surface area is 113 Å². The lowest BCUT2D eigenvalue weighted by Crippen LogP contribution is -2.04. The summed E-state index contributed by atoms with van der Waals surface area (Å²) in [5.74, 6) is 0.913. The molecular formula is C15H21N3O. The highest BCUT2D eigenvalue weighted by molar-refractivity contribution is 5.89. The number of aromatic nitrogens is 2. The molecule has 102 valence electrons. The molecule has 0 fully saturated rings. The molecule has 2 N–H and O–H groups in total. The van der Waals surface area contributed by atoms with E-state index in [0.717, 1.165) is 48.9 Å². The first-order valence-electron chi connectivity index (χ1n) is 6.87. The lowest BCUT2D eigenvalue weighted by Gasteiger charge is -2.08. The van der Waals surface area contributed by atoms with Crippen LogP contribution in [0.2, 0.25) is 0 Å². The van der Waals surface area contributed by atoms with Crippen LogP contribution in [-0.2, 0) is 0 Å². The number of nitrogens with zero attached hydrogens (tertiary/aromatic N) is 2. The van der Waals surface area contributed by atoms with Crippen LogP contribution in [-0.4, -0.2) is 28.2 Å². The summed E-state index contributed by atoms with van der Waals surface area (Å²) in [4.78, 5) is 8.59. The first-order chi connectivity index (χ1) is 9.31. The quantitative estimate of drug-likeness (QED) is 0.751. The molecule has 0 bridgehead atoms. The van der Waals surface area contributed by atoms with E-state index < -0.39 is 0 Å². The first-order valence-corrected chi connectivity index (χ1v) is 6.87. The minimum atomic E-state index is 0.295. The molecule has 0 unspecified atom stereocenters. The number of aliphatic hydroxyl groups is 1. The van der Waals surface area contributed by atoms with Crippen molar-refractivity contribution in [3.05, 3.63) is 30.1 Å². The van der Waals surface area contributed by atoms with E-state index in [2.05, 4.69) is 34.3 Å². The maximum absolute atomic E-state index is 8.71. The summed E-state index contributed by atoms with van der Waals surface area (Å²) < 4.78 is 0. The maximum atomic E-state index is 8.71. The molecule has 0 amide bonds.